The molecule has 136 valence electrons. The molecule has 3 aromatic rings. The highest BCUT2D eigenvalue weighted by molar-refractivity contribution is 5.96. The van der Waals surface area contributed by atoms with Crippen molar-refractivity contribution in [1.29, 1.82) is 0 Å². The molecule has 0 aliphatic carbocycles. The Balaban J connectivity index is 1.70. The second-order valence-corrected chi connectivity index (χ2v) is 6.43. The Bertz CT molecular complexity index is 959. The first-order chi connectivity index (χ1) is 13.2. The molecule has 1 aliphatic heterocycles. The molecule has 1 aliphatic rings. The van der Waals surface area contributed by atoms with Gasteiger partial charge in [0.1, 0.15) is 5.75 Å². The summed E-state index contributed by atoms with van der Waals surface area (Å²) in [5, 5.41) is 3.05. The number of amides is 1. The van der Waals surface area contributed by atoms with Gasteiger partial charge in [0.15, 0.2) is 11.5 Å². The standard InChI is InChI=1S/C21H20N4O2/c22-20-19(23-10-11-24-20)21(26)25-18(14-5-2-1-3-6-14)16-8-9-17-15(13-16)7-4-12-27-17/h1-3,5-6,8-11,13,18H,4,7,12H2,(H2,22,24)(H,25,26). The van der Waals surface area contributed by atoms with Crippen molar-refractivity contribution in [3.63, 3.8) is 0 Å². The molecule has 1 atom stereocenters. The van der Waals surface area contributed by atoms with Gasteiger partial charge in [-0.15, -0.1) is 0 Å². The third kappa shape index (κ3) is 3.60. The molecule has 6 heteroatoms. The van der Waals surface area contributed by atoms with Crippen LogP contribution in [0, 0.1) is 0 Å². The number of ether oxygens (including phenoxy) is 1. The van der Waals surface area contributed by atoms with Crippen molar-refractivity contribution in [1.82, 2.24) is 15.3 Å². The van der Waals surface area contributed by atoms with E-state index >= 15 is 0 Å². The van der Waals surface area contributed by atoms with Gasteiger partial charge in [-0.2, -0.15) is 0 Å². The summed E-state index contributed by atoms with van der Waals surface area (Å²) in [4.78, 5) is 20.8. The van der Waals surface area contributed by atoms with E-state index in [0.29, 0.717) is 0 Å². The van der Waals surface area contributed by atoms with Crippen molar-refractivity contribution < 1.29 is 9.53 Å². The van der Waals surface area contributed by atoms with Gasteiger partial charge in [-0.25, -0.2) is 9.97 Å². The van der Waals surface area contributed by atoms with Crippen LogP contribution < -0.4 is 15.8 Å². The van der Waals surface area contributed by atoms with Gasteiger partial charge in [0.2, 0.25) is 0 Å². The molecule has 0 fully saturated rings. The summed E-state index contributed by atoms with van der Waals surface area (Å²) in [5.41, 5.74) is 9.06. The van der Waals surface area contributed by atoms with Crippen LogP contribution in [-0.2, 0) is 6.42 Å². The van der Waals surface area contributed by atoms with E-state index in [1.54, 1.807) is 0 Å². The number of hydrogen-bond acceptors (Lipinski definition) is 5. The Hall–Kier alpha value is -3.41. The predicted octanol–water partition coefficient (Wildman–Crippen LogP) is 2.90. The molecule has 0 saturated heterocycles. The monoisotopic (exact) mass is 360 g/mol. The minimum Gasteiger partial charge on any atom is -0.493 e. The van der Waals surface area contributed by atoms with Crippen molar-refractivity contribution >= 4 is 11.7 Å². The zero-order valence-corrected chi connectivity index (χ0v) is 14.8. The molecule has 3 N–H and O–H groups in total. The van der Waals surface area contributed by atoms with E-state index in [-0.39, 0.29) is 23.5 Å². The van der Waals surface area contributed by atoms with Gasteiger partial charge in [0, 0.05) is 12.4 Å². The van der Waals surface area contributed by atoms with Crippen molar-refractivity contribution in [3.8, 4) is 5.75 Å². The van der Waals surface area contributed by atoms with Crippen LogP contribution in [0.5, 0.6) is 5.75 Å². The van der Waals surface area contributed by atoms with Crippen molar-refractivity contribution in [2.75, 3.05) is 12.3 Å². The molecule has 0 bridgehead atoms. The number of benzene rings is 2. The van der Waals surface area contributed by atoms with Gasteiger partial charge in [-0.05, 0) is 41.7 Å². The lowest BCUT2D eigenvalue weighted by atomic mass is 9.94. The number of fused-ring (bicyclic) bond motifs is 1. The third-order valence-electron chi connectivity index (χ3n) is 4.62. The lowest BCUT2D eigenvalue weighted by molar-refractivity contribution is 0.0938. The number of nitrogens with two attached hydrogens (primary N) is 1. The second kappa shape index (κ2) is 7.45. The third-order valence-corrected chi connectivity index (χ3v) is 4.62. The van der Waals surface area contributed by atoms with E-state index in [9.17, 15) is 4.79 Å². The van der Waals surface area contributed by atoms with Crippen LogP contribution in [0.3, 0.4) is 0 Å². The topological polar surface area (TPSA) is 90.1 Å². The van der Waals surface area contributed by atoms with Gasteiger partial charge in [0.05, 0.1) is 12.6 Å². The minimum atomic E-state index is -0.358. The fourth-order valence-electron chi connectivity index (χ4n) is 3.29. The highest BCUT2D eigenvalue weighted by atomic mass is 16.5. The highest BCUT2D eigenvalue weighted by Crippen LogP contribution is 2.30. The van der Waals surface area contributed by atoms with Crippen molar-refractivity contribution in [2.24, 2.45) is 0 Å². The van der Waals surface area contributed by atoms with Crippen LogP contribution in [-0.4, -0.2) is 22.5 Å². The maximum Gasteiger partial charge on any atom is 0.274 e. The lowest BCUT2D eigenvalue weighted by Gasteiger charge is -2.23. The summed E-state index contributed by atoms with van der Waals surface area (Å²) < 4.78 is 5.71. The number of carbonyl (C=O) groups excluding carboxylic acids is 1. The van der Waals surface area contributed by atoms with Crippen LogP contribution in [0.4, 0.5) is 5.82 Å². The summed E-state index contributed by atoms with van der Waals surface area (Å²) in [7, 11) is 0. The zero-order chi connectivity index (χ0) is 18.6. The highest BCUT2D eigenvalue weighted by Gasteiger charge is 2.22. The first kappa shape index (κ1) is 17.0. The maximum absolute atomic E-state index is 12.8. The Morgan fingerprint density at radius 3 is 2.70 bits per heavy atom. The normalized spacial score (nSPS) is 13.9. The lowest BCUT2D eigenvalue weighted by Crippen LogP contribution is -2.31. The van der Waals surface area contributed by atoms with Crippen LogP contribution in [0.2, 0.25) is 0 Å². The van der Waals surface area contributed by atoms with Gasteiger partial charge < -0.3 is 15.8 Å². The largest absolute Gasteiger partial charge is 0.493 e. The van der Waals surface area contributed by atoms with Crippen molar-refractivity contribution in [2.45, 2.75) is 18.9 Å². The number of aryl methyl sites for hydroxylation is 1. The van der Waals surface area contributed by atoms with Crippen LogP contribution in [0.1, 0.15) is 39.6 Å². The maximum atomic E-state index is 12.8. The second-order valence-electron chi connectivity index (χ2n) is 6.43. The predicted molar refractivity (Wildman–Crippen MR) is 102 cm³/mol. The number of rotatable bonds is 4. The molecule has 4 rings (SSSR count). The number of anilines is 1. The number of nitrogen functional groups attached to an aromatic ring is 1. The van der Waals surface area contributed by atoms with E-state index in [0.717, 1.165) is 41.9 Å². The number of nitrogens with one attached hydrogen (secondary N) is 1. The molecule has 27 heavy (non-hydrogen) atoms. The summed E-state index contributed by atoms with van der Waals surface area (Å²) in [5.74, 6) is 0.672. The molecule has 0 saturated carbocycles. The molecule has 6 nitrogen and oxygen atoms in total. The van der Waals surface area contributed by atoms with E-state index in [2.05, 4.69) is 21.4 Å². The molecule has 2 heterocycles. The number of carbonyl (C=O) groups is 1. The van der Waals surface area contributed by atoms with Crippen molar-refractivity contribution in [3.05, 3.63) is 83.3 Å². The van der Waals surface area contributed by atoms with E-state index in [4.69, 9.17) is 10.5 Å². The average molecular weight is 360 g/mol. The number of hydrogen-bond donors (Lipinski definition) is 2. The molecular weight excluding hydrogens is 340 g/mol. The summed E-state index contributed by atoms with van der Waals surface area (Å²) in [6.45, 7) is 0.747. The quantitative estimate of drug-likeness (QED) is 0.747. The van der Waals surface area contributed by atoms with E-state index in [1.807, 2.05) is 42.5 Å². The Labute approximate surface area is 157 Å². The summed E-state index contributed by atoms with van der Waals surface area (Å²) >= 11 is 0. The Kier molecular flexibility index (Phi) is 4.70. The summed E-state index contributed by atoms with van der Waals surface area (Å²) in [6.07, 6.45) is 4.88. The van der Waals surface area contributed by atoms with Gasteiger partial charge >= 0.3 is 0 Å². The van der Waals surface area contributed by atoms with E-state index in [1.165, 1.54) is 12.4 Å². The smallest absolute Gasteiger partial charge is 0.274 e. The summed E-state index contributed by atoms with van der Waals surface area (Å²) in [6, 6.07) is 15.6. The molecule has 1 aromatic heterocycles. The first-order valence-corrected chi connectivity index (χ1v) is 8.90. The fourth-order valence-corrected chi connectivity index (χ4v) is 3.29. The SMILES string of the molecule is Nc1nccnc1C(=O)NC(c1ccccc1)c1ccc2c(c1)CCCO2. The number of nitrogens with zero attached hydrogens (tertiary/aromatic N) is 2. The first-order valence-electron chi connectivity index (χ1n) is 8.90. The Morgan fingerprint density at radius 2 is 1.89 bits per heavy atom. The molecular formula is C21H20N4O2. The number of aromatic nitrogens is 2. The molecule has 1 amide bonds. The minimum absolute atomic E-state index is 0.112. The van der Waals surface area contributed by atoms with Gasteiger partial charge in [-0.3, -0.25) is 4.79 Å². The molecule has 1 unspecified atom stereocenters. The van der Waals surface area contributed by atoms with Crippen LogP contribution in [0.15, 0.2) is 60.9 Å². The molecule has 2 aromatic carbocycles. The zero-order valence-electron chi connectivity index (χ0n) is 14.8. The van der Waals surface area contributed by atoms with Gasteiger partial charge in [0.25, 0.3) is 5.91 Å². The fraction of sp³-hybridized carbons (Fsp3) is 0.190. The van der Waals surface area contributed by atoms with Crippen LogP contribution in [0.25, 0.3) is 0 Å². The van der Waals surface area contributed by atoms with Crippen LogP contribution >= 0.6 is 0 Å². The van der Waals surface area contributed by atoms with E-state index < -0.39 is 0 Å². The molecule has 0 radical (unpaired) electrons. The van der Waals surface area contributed by atoms with Gasteiger partial charge in [-0.1, -0.05) is 36.4 Å². The average Bonchev–Trinajstić information content (AvgIpc) is 2.72. The Morgan fingerprint density at radius 1 is 1.07 bits per heavy atom. The molecule has 0 spiro atoms.